The van der Waals surface area contributed by atoms with Crippen molar-refractivity contribution >= 4 is 9.84 Å². The molecule has 1 aromatic carbocycles. The summed E-state index contributed by atoms with van der Waals surface area (Å²) in [5.74, 6) is -0.0701. The first-order valence-corrected chi connectivity index (χ1v) is 8.84. The highest BCUT2D eigenvalue weighted by atomic mass is 32.2. The van der Waals surface area contributed by atoms with E-state index in [2.05, 4.69) is 5.32 Å². The van der Waals surface area contributed by atoms with E-state index >= 15 is 0 Å². The van der Waals surface area contributed by atoms with E-state index in [-0.39, 0.29) is 16.7 Å². The molecule has 3 nitrogen and oxygen atoms in total. The van der Waals surface area contributed by atoms with Gasteiger partial charge in [-0.05, 0) is 44.0 Å². The average molecular weight is 299 g/mol. The number of hydrogen-bond acceptors (Lipinski definition) is 3. The Kier molecular flexibility index (Phi) is 5.16. The first-order valence-electron chi connectivity index (χ1n) is 7.18. The lowest BCUT2D eigenvalue weighted by atomic mass is 9.84. The average Bonchev–Trinajstić information content (AvgIpc) is 2.46. The van der Waals surface area contributed by atoms with Gasteiger partial charge in [-0.15, -0.1) is 0 Å². The molecule has 20 heavy (non-hydrogen) atoms. The highest BCUT2D eigenvalue weighted by Crippen LogP contribution is 2.28. The van der Waals surface area contributed by atoms with Crippen molar-refractivity contribution in [3.05, 3.63) is 30.1 Å². The van der Waals surface area contributed by atoms with Gasteiger partial charge in [0.1, 0.15) is 5.82 Å². The Morgan fingerprint density at radius 2 is 2.00 bits per heavy atom. The van der Waals surface area contributed by atoms with E-state index in [1.165, 1.54) is 37.5 Å². The summed E-state index contributed by atoms with van der Waals surface area (Å²) in [5.41, 5.74) is 0. The summed E-state index contributed by atoms with van der Waals surface area (Å²) in [6.07, 6.45) is 5.73. The van der Waals surface area contributed by atoms with Gasteiger partial charge in [0.15, 0.2) is 9.84 Å². The number of hydrogen-bond donors (Lipinski definition) is 1. The Morgan fingerprint density at radius 3 is 2.60 bits per heavy atom. The lowest BCUT2D eigenvalue weighted by Crippen LogP contribution is -2.40. The van der Waals surface area contributed by atoms with Crippen LogP contribution in [0, 0.1) is 11.7 Å². The molecule has 1 atom stereocenters. The normalized spacial score (nSPS) is 18.9. The maximum Gasteiger partial charge on any atom is 0.180 e. The minimum absolute atomic E-state index is 0.0393. The summed E-state index contributed by atoms with van der Waals surface area (Å²) in [6.45, 7) is 0. The summed E-state index contributed by atoms with van der Waals surface area (Å²) in [4.78, 5) is 0.0774. The number of rotatable bonds is 5. The van der Waals surface area contributed by atoms with E-state index in [9.17, 15) is 12.8 Å². The van der Waals surface area contributed by atoms with Crippen LogP contribution in [0.25, 0.3) is 0 Å². The van der Waals surface area contributed by atoms with Gasteiger partial charge in [-0.3, -0.25) is 0 Å². The molecule has 1 N–H and O–H groups in total. The Hall–Kier alpha value is -0.940. The number of benzene rings is 1. The van der Waals surface area contributed by atoms with Crippen LogP contribution in [-0.2, 0) is 9.84 Å². The van der Waals surface area contributed by atoms with Crippen molar-refractivity contribution in [3.8, 4) is 0 Å². The quantitative estimate of drug-likeness (QED) is 0.909. The Labute approximate surface area is 120 Å². The van der Waals surface area contributed by atoms with Crippen LogP contribution in [-0.4, -0.2) is 27.3 Å². The number of nitrogens with one attached hydrogen (secondary N) is 1. The molecule has 5 heteroatoms. The van der Waals surface area contributed by atoms with E-state index < -0.39 is 15.7 Å². The van der Waals surface area contributed by atoms with Gasteiger partial charge in [-0.2, -0.15) is 0 Å². The summed E-state index contributed by atoms with van der Waals surface area (Å²) < 4.78 is 38.0. The zero-order valence-electron chi connectivity index (χ0n) is 11.8. The maximum absolute atomic E-state index is 13.2. The van der Waals surface area contributed by atoms with Crippen LogP contribution in [0.15, 0.2) is 29.2 Å². The molecule has 1 unspecified atom stereocenters. The fraction of sp³-hybridized carbons (Fsp3) is 0.600. The zero-order valence-corrected chi connectivity index (χ0v) is 12.6. The molecule has 1 aliphatic carbocycles. The second kappa shape index (κ2) is 6.68. The maximum atomic E-state index is 13.2. The van der Waals surface area contributed by atoms with Crippen LogP contribution in [0.3, 0.4) is 0 Å². The highest BCUT2D eigenvalue weighted by Gasteiger charge is 2.28. The second-order valence-corrected chi connectivity index (χ2v) is 7.57. The van der Waals surface area contributed by atoms with Gasteiger partial charge < -0.3 is 5.32 Å². The van der Waals surface area contributed by atoms with Crippen molar-refractivity contribution in [2.75, 3.05) is 12.8 Å². The van der Waals surface area contributed by atoms with E-state index in [0.29, 0.717) is 5.92 Å². The van der Waals surface area contributed by atoms with Gasteiger partial charge in [0.2, 0.25) is 0 Å². The van der Waals surface area contributed by atoms with Crippen molar-refractivity contribution in [2.45, 2.75) is 43.0 Å². The van der Waals surface area contributed by atoms with Crippen LogP contribution in [0.1, 0.15) is 32.1 Å². The van der Waals surface area contributed by atoms with E-state index in [0.717, 1.165) is 18.9 Å². The molecule has 1 aromatic rings. The van der Waals surface area contributed by atoms with Crippen molar-refractivity contribution in [1.29, 1.82) is 0 Å². The summed E-state index contributed by atoms with van der Waals surface area (Å²) >= 11 is 0. The molecule has 0 heterocycles. The highest BCUT2D eigenvalue weighted by molar-refractivity contribution is 7.91. The van der Waals surface area contributed by atoms with Crippen molar-refractivity contribution in [2.24, 2.45) is 5.92 Å². The van der Waals surface area contributed by atoms with Crippen LogP contribution in [0.2, 0.25) is 0 Å². The second-order valence-electron chi connectivity index (χ2n) is 5.53. The Bertz CT molecular complexity index is 539. The largest absolute Gasteiger partial charge is 0.316 e. The predicted molar refractivity (Wildman–Crippen MR) is 77.9 cm³/mol. The molecule has 0 aromatic heterocycles. The lowest BCUT2D eigenvalue weighted by molar-refractivity contribution is 0.292. The standard InChI is InChI=1S/C15H22FNO2S/c1-17-15(12-6-3-2-4-7-12)11-20(18,19)14-9-5-8-13(16)10-14/h5,8-10,12,15,17H,2-4,6-7,11H2,1H3. The van der Waals surface area contributed by atoms with Crippen molar-refractivity contribution in [1.82, 2.24) is 5.32 Å². The minimum atomic E-state index is -3.45. The Morgan fingerprint density at radius 1 is 1.30 bits per heavy atom. The zero-order chi connectivity index (χ0) is 14.6. The summed E-state index contributed by atoms with van der Waals surface area (Å²) in [7, 11) is -1.64. The van der Waals surface area contributed by atoms with Gasteiger partial charge in [0, 0.05) is 6.04 Å². The first-order chi connectivity index (χ1) is 9.53. The SMILES string of the molecule is CNC(CS(=O)(=O)c1cccc(F)c1)C1CCCCC1. The van der Waals surface area contributed by atoms with Crippen LogP contribution in [0.4, 0.5) is 4.39 Å². The van der Waals surface area contributed by atoms with Gasteiger partial charge in [-0.25, -0.2) is 12.8 Å². The molecule has 0 bridgehead atoms. The molecule has 1 saturated carbocycles. The number of halogens is 1. The van der Waals surface area contributed by atoms with Crippen molar-refractivity contribution < 1.29 is 12.8 Å². The third kappa shape index (κ3) is 3.79. The van der Waals surface area contributed by atoms with E-state index in [1.807, 2.05) is 0 Å². The molecule has 1 aliphatic rings. The molecule has 112 valence electrons. The molecule has 1 fully saturated rings. The van der Waals surface area contributed by atoms with Gasteiger partial charge in [-0.1, -0.05) is 25.3 Å². The third-order valence-electron chi connectivity index (χ3n) is 4.14. The fourth-order valence-electron chi connectivity index (χ4n) is 2.98. The van der Waals surface area contributed by atoms with Crippen LogP contribution < -0.4 is 5.32 Å². The van der Waals surface area contributed by atoms with Crippen LogP contribution in [0.5, 0.6) is 0 Å². The molecule has 0 radical (unpaired) electrons. The molecule has 0 aliphatic heterocycles. The Balaban J connectivity index is 2.13. The molecular formula is C15H22FNO2S. The molecule has 2 rings (SSSR count). The molecule has 0 spiro atoms. The third-order valence-corrected chi connectivity index (χ3v) is 5.91. The van der Waals surface area contributed by atoms with Gasteiger partial charge >= 0.3 is 0 Å². The van der Waals surface area contributed by atoms with E-state index in [4.69, 9.17) is 0 Å². The fourth-order valence-corrected chi connectivity index (χ4v) is 4.67. The molecule has 0 saturated heterocycles. The smallest absolute Gasteiger partial charge is 0.180 e. The van der Waals surface area contributed by atoms with Crippen molar-refractivity contribution in [3.63, 3.8) is 0 Å². The monoisotopic (exact) mass is 299 g/mol. The molecular weight excluding hydrogens is 277 g/mol. The van der Waals surface area contributed by atoms with E-state index in [1.54, 1.807) is 7.05 Å². The van der Waals surface area contributed by atoms with Crippen LogP contribution >= 0.6 is 0 Å². The summed E-state index contributed by atoms with van der Waals surface area (Å²) in [6, 6.07) is 5.21. The van der Waals surface area contributed by atoms with Gasteiger partial charge in [0.25, 0.3) is 0 Å². The minimum Gasteiger partial charge on any atom is -0.316 e. The predicted octanol–water partition coefficient (Wildman–Crippen LogP) is 2.77. The summed E-state index contributed by atoms with van der Waals surface area (Å²) in [5, 5.41) is 3.14. The molecule has 0 amide bonds. The van der Waals surface area contributed by atoms with Gasteiger partial charge in [0.05, 0.1) is 10.6 Å². The first kappa shape index (κ1) is 15.4. The lowest BCUT2D eigenvalue weighted by Gasteiger charge is -2.29. The number of sulfone groups is 1. The topological polar surface area (TPSA) is 46.2 Å².